The van der Waals surface area contributed by atoms with Crippen molar-refractivity contribution in [2.24, 2.45) is 0 Å². The van der Waals surface area contributed by atoms with Gasteiger partial charge in [0.2, 0.25) is 0 Å². The molecular formula is C25H44I2N2O6. The molecule has 4 unspecified atom stereocenters. The Balaban J connectivity index is 2.17. The van der Waals surface area contributed by atoms with Gasteiger partial charge in [0.25, 0.3) is 0 Å². The number of alkyl halides is 2. The van der Waals surface area contributed by atoms with Gasteiger partial charge in [-0.2, -0.15) is 10.1 Å². The molecule has 2 aliphatic rings. The van der Waals surface area contributed by atoms with Crippen molar-refractivity contribution in [3.63, 3.8) is 0 Å². The van der Waals surface area contributed by atoms with Crippen LogP contribution in [0.3, 0.4) is 0 Å². The van der Waals surface area contributed by atoms with Crippen molar-refractivity contribution in [1.29, 1.82) is 0 Å². The van der Waals surface area contributed by atoms with Gasteiger partial charge in [-0.3, -0.25) is 9.59 Å². The third kappa shape index (κ3) is 8.11. The van der Waals surface area contributed by atoms with Crippen LogP contribution < -0.4 is 0 Å². The topological polar surface area (TPSA) is 99.5 Å². The van der Waals surface area contributed by atoms with Crippen LogP contribution in [-0.2, 0) is 19.1 Å². The summed E-state index contributed by atoms with van der Waals surface area (Å²) in [5, 5.41) is 25.2. The zero-order valence-corrected chi connectivity index (χ0v) is 26.4. The molecule has 2 heterocycles. The fourth-order valence-corrected chi connectivity index (χ4v) is 6.77. The van der Waals surface area contributed by atoms with E-state index in [9.17, 15) is 20.0 Å². The lowest BCUT2D eigenvalue weighted by molar-refractivity contribution is -0.282. The highest BCUT2D eigenvalue weighted by Crippen LogP contribution is 2.46. The highest BCUT2D eigenvalue weighted by atomic mass is 127. The highest BCUT2D eigenvalue weighted by molar-refractivity contribution is 14.1. The molecule has 2 saturated heterocycles. The molecule has 2 aliphatic heterocycles. The first-order valence-electron chi connectivity index (χ1n) is 12.6. The zero-order valence-electron chi connectivity index (χ0n) is 22.1. The van der Waals surface area contributed by atoms with E-state index < -0.39 is 22.2 Å². The van der Waals surface area contributed by atoms with Crippen LogP contribution in [-0.4, -0.2) is 75.7 Å². The maximum atomic E-state index is 12.3. The second-order valence-electron chi connectivity index (χ2n) is 12.0. The van der Waals surface area contributed by atoms with E-state index in [0.717, 1.165) is 10.8 Å². The monoisotopic (exact) mass is 722 g/mol. The molecule has 4 atom stereocenters. The Labute approximate surface area is 238 Å². The molecule has 2 fully saturated rings. The lowest BCUT2D eigenvalue weighted by Crippen LogP contribution is -2.65. The summed E-state index contributed by atoms with van der Waals surface area (Å²) in [5.41, 5.74) is -2.42. The number of halogens is 2. The maximum Gasteiger partial charge on any atom is 0.306 e. The van der Waals surface area contributed by atoms with E-state index in [2.05, 4.69) is 45.2 Å². The Morgan fingerprint density at radius 2 is 1.14 bits per heavy atom. The molecule has 0 aliphatic carbocycles. The van der Waals surface area contributed by atoms with Crippen LogP contribution in [0.15, 0.2) is 0 Å². The Bertz CT molecular complexity index is 751. The van der Waals surface area contributed by atoms with E-state index >= 15 is 0 Å². The van der Waals surface area contributed by atoms with Crippen LogP contribution in [0, 0.1) is 0 Å². The number of hydrogen-bond donors (Lipinski definition) is 2. The molecule has 0 aromatic rings. The summed E-state index contributed by atoms with van der Waals surface area (Å²) < 4.78 is 13.2. The molecule has 35 heavy (non-hydrogen) atoms. The molecule has 8 nitrogen and oxygen atoms in total. The number of piperidine rings is 2. The van der Waals surface area contributed by atoms with Gasteiger partial charge < -0.3 is 19.9 Å². The van der Waals surface area contributed by atoms with Gasteiger partial charge in [-0.1, -0.05) is 45.2 Å². The third-order valence-electron chi connectivity index (χ3n) is 7.57. The van der Waals surface area contributed by atoms with Crippen molar-refractivity contribution in [1.82, 2.24) is 10.1 Å². The second kappa shape index (κ2) is 12.4. The van der Waals surface area contributed by atoms with Gasteiger partial charge in [-0.05, 0) is 60.8 Å². The third-order valence-corrected chi connectivity index (χ3v) is 8.87. The average molecular weight is 722 g/mol. The van der Waals surface area contributed by atoms with Crippen LogP contribution >= 0.6 is 45.2 Å². The zero-order chi connectivity index (χ0) is 26.7. The Hall–Kier alpha value is 0.240. The van der Waals surface area contributed by atoms with Gasteiger partial charge in [-0.25, -0.2) is 0 Å². The number of hydrogen-bond acceptors (Lipinski definition) is 8. The van der Waals surface area contributed by atoms with Crippen LogP contribution in [0.2, 0.25) is 0 Å². The SMILES string of the molecule is CC1(C)CC(OC(=O)CCI)CC(C)(CCC2(C)CC(OC(=O)CCCI)CC(C)(C)N2O)N1O. The summed E-state index contributed by atoms with van der Waals surface area (Å²) in [7, 11) is 0. The minimum atomic E-state index is -0.644. The van der Waals surface area contributed by atoms with Crippen molar-refractivity contribution in [3.05, 3.63) is 0 Å². The van der Waals surface area contributed by atoms with Gasteiger partial charge in [-0.15, -0.1) is 0 Å². The Morgan fingerprint density at radius 1 is 0.743 bits per heavy atom. The predicted octanol–water partition coefficient (Wildman–Crippen LogP) is 5.68. The normalized spacial score (nSPS) is 33.3. The molecule has 0 bridgehead atoms. The molecule has 2 N–H and O–H groups in total. The van der Waals surface area contributed by atoms with Crippen molar-refractivity contribution in [2.45, 2.75) is 134 Å². The summed E-state index contributed by atoms with van der Waals surface area (Å²) in [5.74, 6) is -0.390. The molecule has 0 spiro atoms. The summed E-state index contributed by atoms with van der Waals surface area (Å²) in [6.07, 6.45) is 4.32. The molecule has 10 heteroatoms. The second-order valence-corrected chi connectivity index (χ2v) is 14.2. The standard InChI is InChI=1S/C25H44I2N2O6/c1-22(2)14-18(34-20(30)8-7-12-26)16-24(5,28(22)32)10-11-25(6)17-19(35-21(31)9-13-27)15-23(3,4)29(25)33/h18-19,32-33H,7-17H2,1-6H3. The van der Waals surface area contributed by atoms with Gasteiger partial charge >= 0.3 is 11.9 Å². The van der Waals surface area contributed by atoms with Crippen molar-refractivity contribution in [2.75, 3.05) is 8.86 Å². The number of carbonyl (C=O) groups excluding carboxylic acids is 2. The summed E-state index contributed by atoms with van der Waals surface area (Å²) >= 11 is 4.42. The minimum Gasteiger partial charge on any atom is -0.462 e. The lowest BCUT2D eigenvalue weighted by Gasteiger charge is -2.56. The molecule has 0 amide bonds. The van der Waals surface area contributed by atoms with Gasteiger partial charge in [0.05, 0.1) is 6.42 Å². The first kappa shape index (κ1) is 31.5. The van der Waals surface area contributed by atoms with Gasteiger partial charge in [0, 0.05) is 63.1 Å². The van der Waals surface area contributed by atoms with E-state index in [1.165, 1.54) is 10.1 Å². The number of ether oxygens (including phenoxy) is 2. The van der Waals surface area contributed by atoms with Crippen LogP contribution in [0.4, 0.5) is 0 Å². The summed E-state index contributed by atoms with van der Waals surface area (Å²) in [6.45, 7) is 11.8. The van der Waals surface area contributed by atoms with E-state index in [1.807, 2.05) is 41.5 Å². The van der Waals surface area contributed by atoms with Crippen LogP contribution in [0.5, 0.6) is 0 Å². The smallest absolute Gasteiger partial charge is 0.306 e. The largest absolute Gasteiger partial charge is 0.462 e. The number of hydroxylamine groups is 4. The fraction of sp³-hybridized carbons (Fsp3) is 0.920. The van der Waals surface area contributed by atoms with Crippen LogP contribution in [0.25, 0.3) is 0 Å². The molecule has 0 saturated carbocycles. The van der Waals surface area contributed by atoms with Crippen molar-refractivity contribution in [3.8, 4) is 0 Å². The fourth-order valence-electron chi connectivity index (χ4n) is 5.95. The molecule has 2 rings (SSSR count). The number of carbonyl (C=O) groups is 2. The van der Waals surface area contributed by atoms with Crippen molar-refractivity contribution < 1.29 is 29.5 Å². The quantitative estimate of drug-likeness (QED) is 0.169. The molecule has 0 aromatic carbocycles. The summed E-state index contributed by atoms with van der Waals surface area (Å²) in [6, 6.07) is 0. The van der Waals surface area contributed by atoms with Gasteiger partial charge in [0.1, 0.15) is 12.2 Å². The van der Waals surface area contributed by atoms with E-state index in [1.54, 1.807) is 0 Å². The Kier molecular flexibility index (Phi) is 11.1. The lowest BCUT2D eigenvalue weighted by atomic mass is 9.72. The molecule has 0 radical (unpaired) electrons. The van der Waals surface area contributed by atoms with Gasteiger partial charge in [0.15, 0.2) is 0 Å². The Morgan fingerprint density at radius 3 is 1.51 bits per heavy atom. The summed E-state index contributed by atoms with van der Waals surface area (Å²) in [4.78, 5) is 24.5. The molecule has 0 aromatic heterocycles. The average Bonchev–Trinajstić information content (AvgIpc) is 2.73. The number of rotatable bonds is 10. The first-order chi connectivity index (χ1) is 16.1. The van der Waals surface area contributed by atoms with Crippen LogP contribution in [0.1, 0.15) is 99.3 Å². The highest BCUT2D eigenvalue weighted by Gasteiger charge is 2.53. The van der Waals surface area contributed by atoms with E-state index in [-0.39, 0.29) is 24.1 Å². The van der Waals surface area contributed by atoms with Crippen molar-refractivity contribution >= 4 is 57.1 Å². The minimum absolute atomic E-state index is 0.185. The van der Waals surface area contributed by atoms with E-state index in [4.69, 9.17) is 9.47 Å². The molecular weight excluding hydrogens is 678 g/mol. The first-order valence-corrected chi connectivity index (χ1v) is 15.6. The van der Waals surface area contributed by atoms with E-state index in [0.29, 0.717) is 55.8 Å². The maximum absolute atomic E-state index is 12.3. The predicted molar refractivity (Wildman–Crippen MR) is 151 cm³/mol. The number of nitrogens with zero attached hydrogens (tertiary/aromatic N) is 2. The molecule has 204 valence electrons. The number of esters is 2.